The monoisotopic (exact) mass is 328 g/mol. The van der Waals surface area contributed by atoms with E-state index in [-0.39, 0.29) is 21.6 Å². The van der Waals surface area contributed by atoms with Gasteiger partial charge in [-0.25, -0.2) is 4.79 Å². The minimum Gasteiger partial charge on any atom is -0.306 e. The number of anilines is 1. The molecule has 0 bridgehead atoms. The molecule has 0 aromatic heterocycles. The number of nitrogens with one attached hydrogen (secondary N) is 2. The molecule has 1 aromatic carbocycles. The van der Waals surface area contributed by atoms with E-state index in [1.54, 1.807) is 12.1 Å². The number of halogens is 4. The summed E-state index contributed by atoms with van der Waals surface area (Å²) < 4.78 is 0. The van der Waals surface area contributed by atoms with Crippen molar-refractivity contribution in [1.82, 2.24) is 5.32 Å². The average Bonchev–Trinajstić information content (AvgIpc) is 2.33. The minimum absolute atomic E-state index is 0.0986. The molecule has 1 unspecified atom stereocenters. The van der Waals surface area contributed by atoms with E-state index in [9.17, 15) is 9.59 Å². The summed E-state index contributed by atoms with van der Waals surface area (Å²) in [5.74, 6) is -0.791. The molecule has 0 aliphatic rings. The van der Waals surface area contributed by atoms with E-state index in [0.717, 1.165) is 0 Å². The molecule has 0 aliphatic carbocycles. The van der Waals surface area contributed by atoms with Gasteiger partial charge in [-0.3, -0.25) is 10.1 Å². The van der Waals surface area contributed by atoms with Crippen LogP contribution in [0.15, 0.2) is 18.2 Å². The SMILES string of the molecule is O=C(NC(=O)C(Cl)CCl)Nc1cccc(Cl)c1Cl. The lowest BCUT2D eigenvalue weighted by Crippen LogP contribution is -2.39. The van der Waals surface area contributed by atoms with Crippen molar-refractivity contribution < 1.29 is 9.59 Å². The predicted octanol–water partition coefficient (Wildman–Crippen LogP) is 3.49. The van der Waals surface area contributed by atoms with Gasteiger partial charge < -0.3 is 5.32 Å². The Hall–Kier alpha value is -0.680. The van der Waals surface area contributed by atoms with Crippen LogP contribution in [-0.4, -0.2) is 23.2 Å². The molecule has 0 radical (unpaired) electrons. The van der Waals surface area contributed by atoms with Gasteiger partial charge in [0.25, 0.3) is 0 Å². The molecule has 98 valence electrons. The highest BCUT2D eigenvalue weighted by Crippen LogP contribution is 2.29. The lowest BCUT2D eigenvalue weighted by Gasteiger charge is -2.10. The third-order valence-corrected chi connectivity index (χ3v) is 3.49. The fraction of sp³-hybridized carbons (Fsp3) is 0.200. The Balaban J connectivity index is 2.65. The van der Waals surface area contributed by atoms with E-state index >= 15 is 0 Å². The van der Waals surface area contributed by atoms with Crippen molar-refractivity contribution in [2.45, 2.75) is 5.38 Å². The predicted molar refractivity (Wildman–Crippen MR) is 74.0 cm³/mol. The lowest BCUT2D eigenvalue weighted by atomic mass is 10.3. The van der Waals surface area contributed by atoms with E-state index in [2.05, 4.69) is 5.32 Å². The zero-order chi connectivity index (χ0) is 13.7. The Morgan fingerprint density at radius 2 is 1.94 bits per heavy atom. The van der Waals surface area contributed by atoms with Crippen molar-refractivity contribution in [2.75, 3.05) is 11.2 Å². The van der Waals surface area contributed by atoms with Gasteiger partial charge in [0.15, 0.2) is 0 Å². The Bertz CT molecular complexity index is 467. The van der Waals surface area contributed by atoms with Crippen LogP contribution in [0.2, 0.25) is 10.0 Å². The highest BCUT2D eigenvalue weighted by atomic mass is 35.5. The van der Waals surface area contributed by atoms with Gasteiger partial charge >= 0.3 is 6.03 Å². The number of benzene rings is 1. The number of urea groups is 1. The molecule has 1 aromatic rings. The molecular weight excluding hydrogens is 322 g/mol. The molecule has 8 heteroatoms. The molecule has 0 saturated heterocycles. The standard InChI is InChI=1S/C10H8Cl4N2O2/c11-4-6(13)9(17)16-10(18)15-7-3-1-2-5(12)8(7)14/h1-3,6H,4H2,(H2,15,16,17,18). The summed E-state index contributed by atoms with van der Waals surface area (Å²) in [5.41, 5.74) is 0.284. The van der Waals surface area contributed by atoms with Gasteiger partial charge in [0.1, 0.15) is 5.38 Å². The fourth-order valence-electron chi connectivity index (χ4n) is 1.01. The first-order valence-electron chi connectivity index (χ1n) is 4.71. The maximum atomic E-state index is 11.5. The third kappa shape index (κ3) is 4.21. The van der Waals surface area contributed by atoms with Crippen LogP contribution in [0.25, 0.3) is 0 Å². The van der Waals surface area contributed by atoms with Crippen LogP contribution in [0.4, 0.5) is 10.5 Å². The van der Waals surface area contributed by atoms with E-state index in [0.29, 0.717) is 0 Å². The molecule has 1 atom stereocenters. The van der Waals surface area contributed by atoms with Gasteiger partial charge in [0.2, 0.25) is 5.91 Å². The first kappa shape index (κ1) is 15.4. The van der Waals surface area contributed by atoms with Gasteiger partial charge in [-0.1, -0.05) is 29.3 Å². The van der Waals surface area contributed by atoms with Crippen molar-refractivity contribution >= 4 is 64.0 Å². The molecule has 0 fully saturated rings. The Labute approximate surface area is 124 Å². The largest absolute Gasteiger partial charge is 0.325 e. The van der Waals surface area contributed by atoms with Crippen molar-refractivity contribution in [3.05, 3.63) is 28.2 Å². The zero-order valence-corrected chi connectivity index (χ0v) is 11.9. The van der Waals surface area contributed by atoms with Crippen LogP contribution in [0.5, 0.6) is 0 Å². The van der Waals surface area contributed by atoms with E-state index in [1.807, 2.05) is 5.32 Å². The van der Waals surface area contributed by atoms with Crippen LogP contribution in [-0.2, 0) is 4.79 Å². The third-order valence-electron chi connectivity index (χ3n) is 1.86. The summed E-state index contributed by atoms with van der Waals surface area (Å²) in [4.78, 5) is 22.7. The van der Waals surface area contributed by atoms with Gasteiger partial charge in [0, 0.05) is 5.88 Å². The summed E-state index contributed by atoms with van der Waals surface area (Å²) >= 11 is 22.5. The van der Waals surface area contributed by atoms with Gasteiger partial charge in [-0.2, -0.15) is 0 Å². The molecule has 0 aliphatic heterocycles. The highest BCUT2D eigenvalue weighted by molar-refractivity contribution is 6.44. The van der Waals surface area contributed by atoms with Crippen molar-refractivity contribution in [2.24, 2.45) is 0 Å². The lowest BCUT2D eigenvalue weighted by molar-refractivity contribution is -0.119. The van der Waals surface area contributed by atoms with Gasteiger partial charge in [-0.05, 0) is 12.1 Å². The summed E-state index contributed by atoms with van der Waals surface area (Å²) in [7, 11) is 0. The van der Waals surface area contributed by atoms with E-state index in [1.165, 1.54) is 6.07 Å². The number of amides is 3. The molecule has 0 spiro atoms. The second-order valence-corrected chi connectivity index (χ2v) is 4.79. The quantitative estimate of drug-likeness (QED) is 0.834. The first-order valence-corrected chi connectivity index (χ1v) is 6.44. The molecular formula is C10H8Cl4N2O2. The molecule has 18 heavy (non-hydrogen) atoms. The molecule has 3 amide bonds. The zero-order valence-electron chi connectivity index (χ0n) is 8.84. The number of hydrogen-bond acceptors (Lipinski definition) is 2. The van der Waals surface area contributed by atoms with Crippen LogP contribution in [0, 0.1) is 0 Å². The van der Waals surface area contributed by atoms with Crippen molar-refractivity contribution in [1.29, 1.82) is 0 Å². The summed E-state index contributed by atoms with van der Waals surface area (Å²) in [5, 5.41) is 3.88. The summed E-state index contributed by atoms with van der Waals surface area (Å²) in [6.07, 6.45) is 0. The second kappa shape index (κ2) is 7.04. The smallest absolute Gasteiger partial charge is 0.306 e. The van der Waals surface area contributed by atoms with Gasteiger partial charge in [-0.15, -0.1) is 23.2 Å². The maximum Gasteiger partial charge on any atom is 0.325 e. The van der Waals surface area contributed by atoms with Crippen LogP contribution < -0.4 is 10.6 Å². The topological polar surface area (TPSA) is 58.2 Å². The normalized spacial score (nSPS) is 11.8. The van der Waals surface area contributed by atoms with Crippen LogP contribution in [0.3, 0.4) is 0 Å². The minimum atomic E-state index is -0.979. The first-order chi connectivity index (χ1) is 8.45. The number of alkyl halides is 2. The average molecular weight is 330 g/mol. The maximum absolute atomic E-state index is 11.5. The van der Waals surface area contributed by atoms with Gasteiger partial charge in [0.05, 0.1) is 15.7 Å². The number of hydrogen-bond donors (Lipinski definition) is 2. The molecule has 1 rings (SSSR count). The van der Waals surface area contributed by atoms with E-state index in [4.69, 9.17) is 46.4 Å². The highest BCUT2D eigenvalue weighted by Gasteiger charge is 2.17. The Kier molecular flexibility index (Phi) is 6.02. The molecule has 2 N–H and O–H groups in total. The number of carbonyl (C=O) groups is 2. The number of rotatable bonds is 3. The van der Waals surface area contributed by atoms with Crippen LogP contribution in [0.1, 0.15) is 0 Å². The summed E-state index contributed by atoms with van der Waals surface area (Å²) in [6, 6.07) is 3.95. The molecule has 0 saturated carbocycles. The number of carbonyl (C=O) groups excluding carboxylic acids is 2. The number of imide groups is 1. The van der Waals surface area contributed by atoms with Crippen molar-refractivity contribution in [3.8, 4) is 0 Å². The van der Waals surface area contributed by atoms with E-state index < -0.39 is 17.3 Å². The fourth-order valence-corrected chi connectivity index (χ4v) is 1.56. The Morgan fingerprint density at radius 3 is 2.56 bits per heavy atom. The van der Waals surface area contributed by atoms with Crippen molar-refractivity contribution in [3.63, 3.8) is 0 Å². The molecule has 4 nitrogen and oxygen atoms in total. The summed E-state index contributed by atoms with van der Waals surface area (Å²) in [6.45, 7) is 0. The van der Waals surface area contributed by atoms with Crippen LogP contribution >= 0.6 is 46.4 Å². The second-order valence-electron chi connectivity index (χ2n) is 3.17. The molecule has 0 heterocycles. The Morgan fingerprint density at radius 1 is 1.28 bits per heavy atom.